The molecule has 0 aliphatic rings. The second-order valence-corrected chi connectivity index (χ2v) is 1.92. The molecule has 0 aromatic carbocycles. The van der Waals surface area contributed by atoms with Crippen LogP contribution in [0.3, 0.4) is 0 Å². The van der Waals surface area contributed by atoms with E-state index in [1.54, 1.807) is 0 Å². The van der Waals surface area contributed by atoms with E-state index < -0.39 is 5.97 Å². The van der Waals surface area contributed by atoms with Gasteiger partial charge in [0, 0.05) is 12.0 Å². The first-order valence-corrected chi connectivity index (χ1v) is 3.09. The molecule has 0 fully saturated rings. The number of carboxylic acid groups (broad SMARTS) is 1. The molecule has 0 saturated heterocycles. The van der Waals surface area contributed by atoms with Crippen molar-refractivity contribution >= 4 is 5.97 Å². The fraction of sp³-hybridized carbons (Fsp3) is 0.429. The van der Waals surface area contributed by atoms with Crippen LogP contribution in [0.5, 0.6) is 0 Å². The highest BCUT2D eigenvalue weighted by atomic mass is 16.5. The van der Waals surface area contributed by atoms with Crippen LogP contribution in [0.4, 0.5) is 0 Å². The Bertz CT molecular complexity index is 202. The molecular formula is C7H9NO3. The Labute approximate surface area is 64.7 Å². The number of carbonyl (C=O) groups is 1. The number of hydrogen-bond acceptors (Lipinski definition) is 3. The quantitative estimate of drug-likeness (QED) is 0.372. The molecule has 0 rings (SSSR count). The lowest BCUT2D eigenvalue weighted by atomic mass is 10.2. The second-order valence-electron chi connectivity index (χ2n) is 1.92. The van der Waals surface area contributed by atoms with Gasteiger partial charge in [0.05, 0.1) is 0 Å². The van der Waals surface area contributed by atoms with E-state index in [4.69, 9.17) is 10.4 Å². The van der Waals surface area contributed by atoms with Gasteiger partial charge in [0.25, 0.3) is 6.26 Å². The number of carboxylic acids is 1. The van der Waals surface area contributed by atoms with E-state index >= 15 is 0 Å². The topological polar surface area (TPSA) is 70.3 Å². The number of hydrogen-bond donors (Lipinski definition) is 1. The highest BCUT2D eigenvalue weighted by Gasteiger charge is 1.97. The van der Waals surface area contributed by atoms with Crippen LogP contribution in [0, 0.1) is 11.5 Å². The van der Waals surface area contributed by atoms with Gasteiger partial charge in [0.15, 0.2) is 0 Å². The predicted octanol–water partition coefficient (Wildman–Crippen LogP) is 0.905. The van der Waals surface area contributed by atoms with Gasteiger partial charge in [-0.15, -0.1) is 0 Å². The molecule has 0 spiro atoms. The summed E-state index contributed by atoms with van der Waals surface area (Å²) < 4.78 is 4.33. The van der Waals surface area contributed by atoms with Crippen molar-refractivity contribution in [2.45, 2.75) is 13.3 Å². The normalized spacial score (nSPS) is 10.4. The summed E-state index contributed by atoms with van der Waals surface area (Å²) in [7, 11) is 0. The molecule has 0 saturated carbocycles. The highest BCUT2D eigenvalue weighted by molar-refractivity contribution is 5.85. The Morgan fingerprint density at radius 2 is 2.45 bits per heavy atom. The van der Waals surface area contributed by atoms with Gasteiger partial charge in [-0.05, 0) is 6.92 Å². The smallest absolute Gasteiger partial charge is 0.330 e. The average molecular weight is 155 g/mol. The van der Waals surface area contributed by atoms with Crippen LogP contribution in [-0.2, 0) is 9.53 Å². The molecule has 0 aliphatic heterocycles. The Balaban J connectivity index is 3.59. The molecule has 0 aromatic rings. The third-order valence-electron chi connectivity index (χ3n) is 1.07. The van der Waals surface area contributed by atoms with Crippen molar-refractivity contribution in [3.63, 3.8) is 0 Å². The summed E-state index contributed by atoms with van der Waals surface area (Å²) in [5, 5.41) is 16.3. The van der Waals surface area contributed by atoms with Gasteiger partial charge in [0.2, 0.25) is 0 Å². The lowest BCUT2D eigenvalue weighted by molar-refractivity contribution is -0.132. The number of aliphatic carboxylic acids is 1. The van der Waals surface area contributed by atoms with E-state index in [0.717, 1.165) is 0 Å². The summed E-state index contributed by atoms with van der Waals surface area (Å²) in [5.74, 6) is -0.943. The van der Waals surface area contributed by atoms with Crippen LogP contribution in [0.2, 0.25) is 0 Å². The largest absolute Gasteiger partial charge is 0.478 e. The van der Waals surface area contributed by atoms with Crippen LogP contribution in [0.1, 0.15) is 13.3 Å². The number of rotatable bonds is 4. The standard InChI is InChI=1S/C7H9NO3/c1-6(7(9)10)3-2-4-11-5-8/h3H,2,4H2,1H3,(H,9,10). The van der Waals surface area contributed by atoms with Gasteiger partial charge in [-0.25, -0.2) is 4.79 Å². The molecule has 0 aliphatic carbocycles. The summed E-state index contributed by atoms with van der Waals surface area (Å²) in [6, 6.07) is 0. The first-order chi connectivity index (χ1) is 5.18. The van der Waals surface area contributed by atoms with Crippen LogP contribution in [0.25, 0.3) is 0 Å². The maximum Gasteiger partial charge on any atom is 0.330 e. The molecule has 0 atom stereocenters. The maximum atomic E-state index is 10.2. The van der Waals surface area contributed by atoms with Crippen LogP contribution < -0.4 is 0 Å². The molecule has 0 amide bonds. The minimum Gasteiger partial charge on any atom is -0.478 e. The zero-order chi connectivity index (χ0) is 8.69. The molecule has 4 nitrogen and oxygen atoms in total. The zero-order valence-electron chi connectivity index (χ0n) is 6.20. The van der Waals surface area contributed by atoms with Crippen molar-refractivity contribution in [1.29, 1.82) is 5.26 Å². The molecule has 0 aromatic heterocycles. The molecule has 0 radical (unpaired) electrons. The Morgan fingerprint density at radius 1 is 1.82 bits per heavy atom. The summed E-state index contributed by atoms with van der Waals surface area (Å²) in [4.78, 5) is 10.2. The van der Waals surface area contributed by atoms with Crippen LogP contribution in [-0.4, -0.2) is 17.7 Å². The molecule has 0 bridgehead atoms. The summed E-state index contributed by atoms with van der Waals surface area (Å²) in [6.07, 6.45) is 3.46. The number of nitrogens with zero attached hydrogens (tertiary/aromatic N) is 1. The van der Waals surface area contributed by atoms with E-state index in [1.165, 1.54) is 19.3 Å². The monoisotopic (exact) mass is 155 g/mol. The lowest BCUT2D eigenvalue weighted by Gasteiger charge is -1.92. The van der Waals surface area contributed by atoms with E-state index in [9.17, 15) is 4.79 Å². The molecule has 0 heterocycles. The van der Waals surface area contributed by atoms with Crippen LogP contribution in [0.15, 0.2) is 11.6 Å². The van der Waals surface area contributed by atoms with Gasteiger partial charge < -0.3 is 9.84 Å². The van der Waals surface area contributed by atoms with E-state index in [-0.39, 0.29) is 12.2 Å². The highest BCUT2D eigenvalue weighted by Crippen LogP contribution is 1.94. The van der Waals surface area contributed by atoms with Gasteiger partial charge in [-0.1, -0.05) is 6.08 Å². The predicted molar refractivity (Wildman–Crippen MR) is 37.6 cm³/mol. The number of ether oxygens (including phenoxy) is 1. The van der Waals surface area contributed by atoms with Gasteiger partial charge in [0.1, 0.15) is 6.61 Å². The van der Waals surface area contributed by atoms with Crippen molar-refractivity contribution in [2.75, 3.05) is 6.61 Å². The third kappa shape index (κ3) is 4.97. The first-order valence-electron chi connectivity index (χ1n) is 3.09. The Morgan fingerprint density at radius 3 is 2.91 bits per heavy atom. The van der Waals surface area contributed by atoms with E-state index in [0.29, 0.717) is 6.42 Å². The molecule has 11 heavy (non-hydrogen) atoms. The summed E-state index contributed by atoms with van der Waals surface area (Å²) in [5.41, 5.74) is 0.270. The second kappa shape index (κ2) is 5.30. The SMILES string of the molecule is CC(=CCCOC#N)C(=O)O. The zero-order valence-corrected chi connectivity index (χ0v) is 6.20. The number of nitriles is 1. The van der Waals surface area contributed by atoms with Crippen molar-refractivity contribution in [3.05, 3.63) is 11.6 Å². The van der Waals surface area contributed by atoms with E-state index in [1.807, 2.05) is 0 Å². The van der Waals surface area contributed by atoms with Crippen molar-refractivity contribution in [2.24, 2.45) is 0 Å². The van der Waals surface area contributed by atoms with Gasteiger partial charge in [-0.2, -0.15) is 5.26 Å². The Kier molecular flexibility index (Phi) is 4.58. The fourth-order valence-corrected chi connectivity index (χ4v) is 0.467. The van der Waals surface area contributed by atoms with Crippen molar-refractivity contribution < 1.29 is 14.6 Å². The van der Waals surface area contributed by atoms with Crippen LogP contribution >= 0.6 is 0 Å². The van der Waals surface area contributed by atoms with E-state index in [2.05, 4.69) is 4.74 Å². The molecule has 0 unspecified atom stereocenters. The van der Waals surface area contributed by atoms with Crippen molar-refractivity contribution in [3.8, 4) is 6.26 Å². The maximum absolute atomic E-state index is 10.2. The lowest BCUT2D eigenvalue weighted by Crippen LogP contribution is -1.96. The molecular weight excluding hydrogens is 146 g/mol. The van der Waals surface area contributed by atoms with Gasteiger partial charge >= 0.3 is 5.97 Å². The third-order valence-corrected chi connectivity index (χ3v) is 1.07. The molecule has 60 valence electrons. The Hall–Kier alpha value is -1.50. The average Bonchev–Trinajstić information content (AvgIpc) is 1.97. The molecule has 1 N–H and O–H groups in total. The van der Waals surface area contributed by atoms with Crippen molar-refractivity contribution in [1.82, 2.24) is 0 Å². The minimum absolute atomic E-state index is 0.237. The summed E-state index contributed by atoms with van der Waals surface area (Å²) in [6.45, 7) is 1.73. The van der Waals surface area contributed by atoms with Gasteiger partial charge in [-0.3, -0.25) is 0 Å². The summed E-state index contributed by atoms with van der Waals surface area (Å²) >= 11 is 0. The fourth-order valence-electron chi connectivity index (χ4n) is 0.467. The molecule has 4 heteroatoms. The minimum atomic E-state index is -0.943. The first kappa shape index (κ1) is 9.50.